The second kappa shape index (κ2) is 17.5. The van der Waals surface area contributed by atoms with Crippen molar-refractivity contribution in [2.75, 3.05) is 67.5 Å². The number of hydrogen-bond acceptors (Lipinski definition) is 12. The summed E-state index contributed by atoms with van der Waals surface area (Å²) in [4.78, 5) is 85.6. The normalized spacial score (nSPS) is 18.9. The molecule has 7 rings (SSSR count). The molecular weight excluding hydrogens is 773 g/mol. The van der Waals surface area contributed by atoms with E-state index in [4.69, 9.17) is 4.74 Å². The minimum Gasteiger partial charge on any atom is -0.492 e. The van der Waals surface area contributed by atoms with Crippen LogP contribution in [-0.2, 0) is 20.6 Å². The minimum atomic E-state index is -4.70. The molecule has 1 aromatic heterocycles. The van der Waals surface area contributed by atoms with Crippen LogP contribution in [0.5, 0.6) is 5.75 Å². The van der Waals surface area contributed by atoms with E-state index < -0.39 is 47.1 Å². The van der Waals surface area contributed by atoms with Crippen LogP contribution in [0.25, 0.3) is 0 Å². The number of benzene rings is 2. The monoisotopic (exact) mass is 818 g/mol. The molecule has 0 aliphatic carbocycles. The molecule has 0 bridgehead atoms. The molecule has 3 saturated heterocycles. The fourth-order valence-electron chi connectivity index (χ4n) is 8.12. The van der Waals surface area contributed by atoms with Crippen molar-refractivity contribution in [2.24, 2.45) is 17.0 Å². The summed E-state index contributed by atoms with van der Waals surface area (Å²) in [6.45, 7) is 7.73. The summed E-state index contributed by atoms with van der Waals surface area (Å²) in [6, 6.07) is 11.0. The van der Waals surface area contributed by atoms with Gasteiger partial charge in [0, 0.05) is 62.4 Å². The number of unbranched alkanes of at least 4 members (excludes halogenated alkanes) is 1. The molecule has 59 heavy (non-hydrogen) atoms. The molecule has 18 heteroatoms. The Labute approximate surface area is 338 Å². The van der Waals surface area contributed by atoms with Gasteiger partial charge in [-0.15, -0.1) is 4.91 Å². The molecule has 4 aliphatic heterocycles. The van der Waals surface area contributed by atoms with Crippen LogP contribution >= 0.6 is 0 Å². The van der Waals surface area contributed by atoms with Gasteiger partial charge in [-0.3, -0.25) is 34.2 Å². The van der Waals surface area contributed by atoms with Crippen LogP contribution in [0.2, 0.25) is 0 Å². The van der Waals surface area contributed by atoms with Crippen LogP contribution in [0, 0.1) is 16.7 Å². The molecule has 15 nitrogen and oxygen atoms in total. The van der Waals surface area contributed by atoms with Gasteiger partial charge in [-0.25, -0.2) is 4.98 Å². The Hall–Kier alpha value is -5.91. The Morgan fingerprint density at radius 2 is 1.68 bits per heavy atom. The largest absolute Gasteiger partial charge is 0.492 e. The number of nitroso groups, excluding NO2 is 1. The van der Waals surface area contributed by atoms with Gasteiger partial charge in [0.2, 0.25) is 17.7 Å². The predicted molar refractivity (Wildman–Crippen MR) is 210 cm³/mol. The first-order valence-corrected chi connectivity index (χ1v) is 19.8. The SMILES string of the molecule is CCN(CCCCOc1ccc(NC(=O)C2CCN(c3ccc(N=O)c(C(F)(F)F)c3)CC2)nc1)CC1CN(c2ccc3c(c2)C(=O)N(C2CCC(=O)NC2=O)C3=O)C1. The number of halogens is 3. The van der Waals surface area contributed by atoms with Crippen molar-refractivity contribution in [3.63, 3.8) is 0 Å². The van der Waals surface area contributed by atoms with Crippen molar-refractivity contribution < 1.29 is 41.9 Å². The van der Waals surface area contributed by atoms with Crippen molar-refractivity contribution in [3.8, 4) is 5.75 Å². The lowest BCUT2D eigenvalue weighted by atomic mass is 9.95. The summed E-state index contributed by atoms with van der Waals surface area (Å²) in [7, 11) is 0. The van der Waals surface area contributed by atoms with Gasteiger partial charge < -0.3 is 24.8 Å². The quantitative estimate of drug-likeness (QED) is 0.115. The van der Waals surface area contributed by atoms with E-state index in [1.807, 2.05) is 6.07 Å². The highest BCUT2D eigenvalue weighted by Gasteiger charge is 2.45. The molecule has 0 radical (unpaired) electrons. The molecule has 0 spiro atoms. The maximum Gasteiger partial charge on any atom is 0.418 e. The molecule has 1 atom stereocenters. The number of nitrogens with zero attached hydrogens (tertiary/aromatic N) is 6. The van der Waals surface area contributed by atoms with Crippen molar-refractivity contribution in [3.05, 3.63) is 76.3 Å². The van der Waals surface area contributed by atoms with Gasteiger partial charge in [-0.05, 0) is 98.9 Å². The highest BCUT2D eigenvalue weighted by atomic mass is 19.4. The number of nitrogens with one attached hydrogen (secondary N) is 2. The van der Waals surface area contributed by atoms with Gasteiger partial charge in [0.05, 0.1) is 29.5 Å². The van der Waals surface area contributed by atoms with E-state index in [1.54, 1.807) is 35.4 Å². The number of aromatic nitrogens is 1. The Bertz CT molecular complexity index is 2100. The first-order chi connectivity index (χ1) is 28.3. The highest BCUT2D eigenvalue weighted by molar-refractivity contribution is 6.23. The van der Waals surface area contributed by atoms with E-state index in [9.17, 15) is 42.1 Å². The number of fused-ring (bicyclic) bond motifs is 1. The average Bonchev–Trinajstić information content (AvgIpc) is 3.45. The number of anilines is 3. The predicted octanol–water partition coefficient (Wildman–Crippen LogP) is 5.37. The Morgan fingerprint density at radius 1 is 0.949 bits per heavy atom. The Balaban J connectivity index is 0.786. The average molecular weight is 819 g/mol. The molecule has 2 aromatic carbocycles. The zero-order valence-electron chi connectivity index (χ0n) is 32.5. The summed E-state index contributed by atoms with van der Waals surface area (Å²) in [6.07, 6.45) is -0.321. The molecule has 0 saturated carbocycles. The lowest BCUT2D eigenvalue weighted by molar-refractivity contribution is -0.137. The van der Waals surface area contributed by atoms with Crippen molar-refractivity contribution in [2.45, 2.75) is 57.7 Å². The van der Waals surface area contributed by atoms with E-state index in [2.05, 4.69) is 37.5 Å². The van der Waals surface area contributed by atoms with Crippen LogP contribution in [0.4, 0.5) is 36.1 Å². The standard InChI is InChI=1S/C41H45F3N8O7/c1-2-49(22-25-23-51(24-25)27-5-8-30-31(19-27)40(57)52(39(30)56)34-10-12-36(53)47-38(34)55)15-3-4-18-59-29-7-11-35(45-21-29)46-37(54)26-13-16-50(17-14-26)28-6-9-33(48-58)32(20-28)41(42,43)44/h5-9,11,19-21,25-26,34H,2-4,10,12-18,22-24H2,1H3,(H,45,46,54)(H,47,53,55). The van der Waals surface area contributed by atoms with Gasteiger partial charge >= 0.3 is 6.18 Å². The third kappa shape index (κ3) is 9.22. The number of carbonyl (C=O) groups excluding carboxylic acids is 5. The van der Waals surface area contributed by atoms with Gasteiger partial charge in [0.15, 0.2) is 0 Å². The maximum atomic E-state index is 13.4. The fraction of sp³-hybridized carbons (Fsp3) is 0.463. The number of rotatable bonds is 15. The van der Waals surface area contributed by atoms with Crippen LogP contribution < -0.4 is 25.2 Å². The summed E-state index contributed by atoms with van der Waals surface area (Å²) in [5.74, 6) is -1.22. The zero-order chi connectivity index (χ0) is 41.8. The second-order valence-corrected chi connectivity index (χ2v) is 15.3. The summed E-state index contributed by atoms with van der Waals surface area (Å²) >= 11 is 0. The molecular formula is C41H45F3N8O7. The van der Waals surface area contributed by atoms with Crippen LogP contribution in [0.15, 0.2) is 59.9 Å². The number of ether oxygens (including phenoxy) is 1. The molecule has 312 valence electrons. The maximum absolute atomic E-state index is 13.4. The smallest absolute Gasteiger partial charge is 0.418 e. The van der Waals surface area contributed by atoms with Crippen LogP contribution in [0.1, 0.15) is 71.7 Å². The molecule has 5 heterocycles. The zero-order valence-corrected chi connectivity index (χ0v) is 32.5. The van der Waals surface area contributed by atoms with E-state index in [0.29, 0.717) is 55.7 Å². The number of carbonyl (C=O) groups is 5. The molecule has 3 fully saturated rings. The van der Waals surface area contributed by atoms with E-state index in [1.165, 1.54) is 6.07 Å². The first kappa shape index (κ1) is 41.3. The lowest BCUT2D eigenvalue weighted by Gasteiger charge is -2.43. The Morgan fingerprint density at radius 3 is 2.36 bits per heavy atom. The number of pyridine rings is 1. The van der Waals surface area contributed by atoms with Gasteiger partial charge in [-0.1, -0.05) is 6.92 Å². The second-order valence-electron chi connectivity index (χ2n) is 15.3. The third-order valence-electron chi connectivity index (χ3n) is 11.4. The Kier molecular flexibility index (Phi) is 12.3. The lowest BCUT2D eigenvalue weighted by Crippen LogP contribution is -2.54. The third-order valence-corrected chi connectivity index (χ3v) is 11.4. The van der Waals surface area contributed by atoms with Crippen molar-refractivity contribution in [1.82, 2.24) is 20.1 Å². The van der Waals surface area contributed by atoms with Gasteiger partial charge in [-0.2, -0.15) is 13.2 Å². The number of amides is 5. The number of hydrogen-bond donors (Lipinski definition) is 2. The summed E-state index contributed by atoms with van der Waals surface area (Å²) < 4.78 is 46.0. The summed E-state index contributed by atoms with van der Waals surface area (Å²) in [5.41, 5.74) is -0.0212. The van der Waals surface area contributed by atoms with E-state index >= 15 is 0 Å². The summed E-state index contributed by atoms with van der Waals surface area (Å²) in [5, 5.41) is 7.53. The highest BCUT2D eigenvalue weighted by Crippen LogP contribution is 2.39. The van der Waals surface area contributed by atoms with E-state index in [-0.39, 0.29) is 35.8 Å². The number of alkyl halides is 3. The topological polar surface area (TPSA) is 174 Å². The molecule has 1 unspecified atom stereocenters. The molecule has 3 aromatic rings. The van der Waals surface area contributed by atoms with Gasteiger partial charge in [0.1, 0.15) is 23.3 Å². The van der Waals surface area contributed by atoms with Crippen LogP contribution in [0.3, 0.4) is 0 Å². The molecule has 5 amide bonds. The van der Waals surface area contributed by atoms with E-state index in [0.717, 1.165) is 68.3 Å². The molecule has 4 aliphatic rings. The van der Waals surface area contributed by atoms with Crippen LogP contribution in [-0.4, -0.2) is 103 Å². The minimum absolute atomic E-state index is 0.0727. The first-order valence-electron chi connectivity index (χ1n) is 19.8. The van der Waals surface area contributed by atoms with Crippen molar-refractivity contribution in [1.29, 1.82) is 0 Å². The number of imide groups is 2. The van der Waals surface area contributed by atoms with Crippen molar-refractivity contribution >= 4 is 52.4 Å². The van der Waals surface area contributed by atoms with Gasteiger partial charge in [0.25, 0.3) is 11.8 Å². The fourth-order valence-corrected chi connectivity index (χ4v) is 8.12. The molecule has 2 N–H and O–H groups in total. The number of piperidine rings is 2.